The molecule has 33 heavy (non-hydrogen) atoms. The average molecular weight is 465 g/mol. The summed E-state index contributed by atoms with van der Waals surface area (Å²) in [7, 11) is 0. The van der Waals surface area contributed by atoms with Crippen LogP contribution in [0.15, 0.2) is 53.3 Å². The van der Waals surface area contributed by atoms with Gasteiger partial charge in [0.1, 0.15) is 0 Å². The number of thiocarbonyl (C=S) groups is 1. The molecule has 0 unspecified atom stereocenters. The Hall–Kier alpha value is -2.74. The van der Waals surface area contributed by atoms with Crippen molar-refractivity contribution in [3.8, 4) is 0 Å². The van der Waals surface area contributed by atoms with Gasteiger partial charge in [-0.2, -0.15) is 0 Å². The molecule has 1 aromatic heterocycles. The summed E-state index contributed by atoms with van der Waals surface area (Å²) in [6.07, 6.45) is 1.00. The Morgan fingerprint density at radius 2 is 1.94 bits per heavy atom. The minimum absolute atomic E-state index is 0.0664. The molecule has 2 aromatic carbocycles. The zero-order valence-corrected chi connectivity index (χ0v) is 20.2. The van der Waals surface area contributed by atoms with Crippen molar-refractivity contribution in [3.63, 3.8) is 0 Å². The number of pyridine rings is 1. The van der Waals surface area contributed by atoms with Gasteiger partial charge in [-0.3, -0.25) is 9.69 Å². The van der Waals surface area contributed by atoms with E-state index in [4.69, 9.17) is 17.0 Å². The van der Waals surface area contributed by atoms with Gasteiger partial charge in [0, 0.05) is 37.4 Å². The number of anilines is 1. The Bertz CT molecular complexity index is 1150. The molecule has 2 heterocycles. The largest absolute Gasteiger partial charge is 0.379 e. The van der Waals surface area contributed by atoms with E-state index < -0.39 is 0 Å². The zero-order chi connectivity index (χ0) is 23.2. The van der Waals surface area contributed by atoms with E-state index in [0.29, 0.717) is 17.2 Å². The Morgan fingerprint density at radius 3 is 2.67 bits per heavy atom. The van der Waals surface area contributed by atoms with Gasteiger partial charge < -0.3 is 19.9 Å². The number of H-pyrrole nitrogens is 1. The number of aryl methyl sites for hydroxylation is 2. The zero-order valence-electron chi connectivity index (χ0n) is 19.4. The van der Waals surface area contributed by atoms with Crippen molar-refractivity contribution >= 4 is 33.9 Å². The van der Waals surface area contributed by atoms with E-state index in [2.05, 4.69) is 51.3 Å². The molecule has 0 atom stereocenters. The first-order valence-corrected chi connectivity index (χ1v) is 12.0. The molecule has 0 bridgehead atoms. The highest BCUT2D eigenvalue weighted by Crippen LogP contribution is 2.17. The summed E-state index contributed by atoms with van der Waals surface area (Å²) in [6, 6.07) is 16.4. The monoisotopic (exact) mass is 464 g/mol. The van der Waals surface area contributed by atoms with Crippen molar-refractivity contribution in [2.45, 2.75) is 26.8 Å². The van der Waals surface area contributed by atoms with Gasteiger partial charge in [0.15, 0.2) is 5.11 Å². The molecular formula is C26H32N4O2S. The fraction of sp³-hybridized carbons (Fsp3) is 0.385. The van der Waals surface area contributed by atoms with Gasteiger partial charge in [0.2, 0.25) is 0 Å². The van der Waals surface area contributed by atoms with Crippen LogP contribution in [0, 0.1) is 6.92 Å². The van der Waals surface area contributed by atoms with Crippen LogP contribution in [-0.4, -0.2) is 59.3 Å². The number of para-hydroxylation sites is 1. The van der Waals surface area contributed by atoms with Crippen molar-refractivity contribution in [2.75, 3.05) is 44.7 Å². The molecule has 4 rings (SSSR count). The van der Waals surface area contributed by atoms with E-state index in [1.165, 1.54) is 5.56 Å². The normalized spacial score (nSPS) is 14.4. The molecule has 0 aliphatic carbocycles. The fourth-order valence-electron chi connectivity index (χ4n) is 4.12. The molecule has 1 aliphatic heterocycles. The van der Waals surface area contributed by atoms with Crippen LogP contribution >= 0.6 is 12.2 Å². The molecule has 0 amide bonds. The van der Waals surface area contributed by atoms with Crippen LogP contribution in [0.3, 0.4) is 0 Å². The van der Waals surface area contributed by atoms with Gasteiger partial charge in [-0.25, -0.2) is 0 Å². The van der Waals surface area contributed by atoms with Crippen LogP contribution < -0.4 is 10.9 Å². The Balaban J connectivity index is 1.54. The summed E-state index contributed by atoms with van der Waals surface area (Å²) in [4.78, 5) is 20.4. The van der Waals surface area contributed by atoms with Gasteiger partial charge in [0.25, 0.3) is 5.56 Å². The summed E-state index contributed by atoms with van der Waals surface area (Å²) >= 11 is 5.80. The fourth-order valence-corrected chi connectivity index (χ4v) is 4.39. The number of benzene rings is 2. The van der Waals surface area contributed by atoms with Crippen LogP contribution in [-0.2, 0) is 17.7 Å². The molecule has 0 spiro atoms. The smallest absolute Gasteiger partial charge is 0.253 e. The second-order valence-corrected chi connectivity index (χ2v) is 8.91. The summed E-state index contributed by atoms with van der Waals surface area (Å²) in [5.74, 6) is 0. The maximum absolute atomic E-state index is 12.9. The number of hydrogen-bond donors (Lipinski definition) is 2. The Morgan fingerprint density at radius 1 is 1.18 bits per heavy atom. The third-order valence-electron chi connectivity index (χ3n) is 6.22. The highest BCUT2D eigenvalue weighted by molar-refractivity contribution is 7.80. The molecule has 2 N–H and O–H groups in total. The maximum atomic E-state index is 12.9. The number of fused-ring (bicyclic) bond motifs is 1. The van der Waals surface area contributed by atoms with Crippen LogP contribution in [0.1, 0.15) is 23.6 Å². The van der Waals surface area contributed by atoms with E-state index in [-0.39, 0.29) is 5.56 Å². The minimum atomic E-state index is -0.0664. The Labute approximate surface area is 200 Å². The van der Waals surface area contributed by atoms with Crippen molar-refractivity contribution in [1.29, 1.82) is 0 Å². The molecule has 7 heteroatoms. The topological polar surface area (TPSA) is 60.6 Å². The molecule has 1 aliphatic rings. The van der Waals surface area contributed by atoms with E-state index in [0.717, 1.165) is 68.0 Å². The van der Waals surface area contributed by atoms with E-state index >= 15 is 0 Å². The molecular weight excluding hydrogens is 432 g/mol. The van der Waals surface area contributed by atoms with Crippen LogP contribution in [0.4, 0.5) is 5.69 Å². The van der Waals surface area contributed by atoms with Crippen LogP contribution in [0.5, 0.6) is 0 Å². The number of rotatable bonds is 7. The first-order chi connectivity index (χ1) is 16.0. The molecule has 0 radical (unpaired) electrons. The lowest BCUT2D eigenvalue weighted by molar-refractivity contribution is 0.0358. The van der Waals surface area contributed by atoms with Crippen molar-refractivity contribution in [2.24, 2.45) is 0 Å². The summed E-state index contributed by atoms with van der Waals surface area (Å²) in [6.45, 7) is 9.55. The lowest BCUT2D eigenvalue weighted by atomic mass is 10.1. The van der Waals surface area contributed by atoms with Crippen molar-refractivity contribution in [1.82, 2.24) is 14.8 Å². The molecule has 3 aromatic rings. The SMILES string of the molecule is CCc1ccc(NC(=S)N(CCN2CCOCC2)Cc2cc3cccc(C)c3[nH]c2=O)cc1. The molecule has 174 valence electrons. The number of nitrogens with one attached hydrogen (secondary N) is 2. The Kier molecular flexibility index (Phi) is 7.75. The van der Waals surface area contributed by atoms with Gasteiger partial charge in [-0.05, 0) is 60.3 Å². The van der Waals surface area contributed by atoms with Crippen molar-refractivity contribution in [3.05, 3.63) is 75.6 Å². The molecule has 6 nitrogen and oxygen atoms in total. The van der Waals surface area contributed by atoms with Gasteiger partial charge >= 0.3 is 0 Å². The molecule has 0 saturated carbocycles. The van der Waals surface area contributed by atoms with Crippen molar-refractivity contribution < 1.29 is 4.74 Å². The lowest BCUT2D eigenvalue weighted by Crippen LogP contribution is -2.44. The predicted molar refractivity (Wildman–Crippen MR) is 139 cm³/mol. The van der Waals surface area contributed by atoms with Crippen LogP contribution in [0.2, 0.25) is 0 Å². The number of aromatic nitrogens is 1. The van der Waals surface area contributed by atoms with E-state index in [1.54, 1.807) is 0 Å². The number of hydrogen-bond acceptors (Lipinski definition) is 4. The maximum Gasteiger partial charge on any atom is 0.253 e. The second-order valence-electron chi connectivity index (χ2n) is 8.52. The second kappa shape index (κ2) is 10.9. The first kappa shape index (κ1) is 23.4. The third kappa shape index (κ3) is 5.99. The molecule has 1 saturated heterocycles. The number of aromatic amines is 1. The lowest BCUT2D eigenvalue weighted by Gasteiger charge is -2.31. The standard InChI is InChI=1S/C26H32N4O2S/c1-3-20-7-9-23(10-8-20)27-26(33)30(12-11-29-13-15-32-16-14-29)18-22-17-21-6-4-5-19(2)24(21)28-25(22)31/h4-10,17H,3,11-16,18H2,1-2H3,(H,27,33)(H,28,31). The summed E-state index contributed by atoms with van der Waals surface area (Å²) in [5.41, 5.74) is 4.84. The quantitative estimate of drug-likeness (QED) is 0.517. The van der Waals surface area contributed by atoms with Gasteiger partial charge in [0.05, 0.1) is 25.3 Å². The van der Waals surface area contributed by atoms with E-state index in [9.17, 15) is 4.79 Å². The van der Waals surface area contributed by atoms with Crippen LogP contribution in [0.25, 0.3) is 10.9 Å². The van der Waals surface area contributed by atoms with Gasteiger partial charge in [-0.15, -0.1) is 0 Å². The first-order valence-electron chi connectivity index (χ1n) is 11.6. The number of ether oxygens (including phenoxy) is 1. The number of morpholine rings is 1. The highest BCUT2D eigenvalue weighted by Gasteiger charge is 2.17. The van der Waals surface area contributed by atoms with Gasteiger partial charge in [-0.1, -0.05) is 37.3 Å². The average Bonchev–Trinajstić information content (AvgIpc) is 2.83. The summed E-state index contributed by atoms with van der Waals surface area (Å²) < 4.78 is 5.47. The third-order valence-corrected chi connectivity index (χ3v) is 6.58. The number of nitrogens with zero attached hydrogens (tertiary/aromatic N) is 2. The summed E-state index contributed by atoms with van der Waals surface area (Å²) in [5, 5.41) is 5.02. The highest BCUT2D eigenvalue weighted by atomic mass is 32.1. The predicted octanol–water partition coefficient (Wildman–Crippen LogP) is 3.93. The minimum Gasteiger partial charge on any atom is -0.379 e. The molecule has 1 fully saturated rings. The van der Waals surface area contributed by atoms with E-state index in [1.807, 2.05) is 31.2 Å².